The van der Waals surface area contributed by atoms with Gasteiger partial charge in [-0.3, -0.25) is 9.71 Å². The van der Waals surface area contributed by atoms with Crippen molar-refractivity contribution in [3.05, 3.63) is 72.9 Å². The fraction of sp³-hybridized carbons (Fsp3) is 0.0500. The van der Waals surface area contributed by atoms with Gasteiger partial charge in [0.05, 0.1) is 29.4 Å². The van der Waals surface area contributed by atoms with Gasteiger partial charge in [-0.05, 0) is 24.3 Å². The van der Waals surface area contributed by atoms with Crippen molar-refractivity contribution in [1.29, 1.82) is 0 Å². The summed E-state index contributed by atoms with van der Waals surface area (Å²) >= 11 is 0. The monoisotopic (exact) mass is 364 g/mol. The summed E-state index contributed by atoms with van der Waals surface area (Å²) in [6, 6.07) is 19.8. The maximum atomic E-state index is 13.0. The van der Waals surface area contributed by atoms with Gasteiger partial charge in [-0.1, -0.05) is 42.5 Å². The molecule has 0 fully saturated rings. The number of hydrogen-bond acceptors (Lipinski definition) is 4. The van der Waals surface area contributed by atoms with Gasteiger partial charge < -0.3 is 4.74 Å². The number of anilines is 1. The Kier molecular flexibility index (Phi) is 3.97. The molecule has 0 aliphatic carbocycles. The van der Waals surface area contributed by atoms with Crippen LogP contribution in [0, 0.1) is 0 Å². The van der Waals surface area contributed by atoms with Gasteiger partial charge in [0, 0.05) is 16.2 Å². The zero-order valence-corrected chi connectivity index (χ0v) is 14.8. The lowest BCUT2D eigenvalue weighted by Crippen LogP contribution is -2.13. The molecular weight excluding hydrogens is 348 g/mol. The third kappa shape index (κ3) is 2.84. The molecule has 0 aliphatic rings. The molecule has 0 saturated heterocycles. The highest BCUT2D eigenvalue weighted by atomic mass is 32.2. The molecule has 0 bridgehead atoms. The van der Waals surface area contributed by atoms with E-state index >= 15 is 0 Å². The molecule has 130 valence electrons. The number of ether oxygens (including phenoxy) is 1. The van der Waals surface area contributed by atoms with Crippen LogP contribution in [0.5, 0.6) is 5.75 Å². The second-order valence-corrected chi connectivity index (χ2v) is 7.48. The van der Waals surface area contributed by atoms with Crippen LogP contribution in [0.1, 0.15) is 0 Å². The first-order chi connectivity index (χ1) is 12.6. The molecule has 0 amide bonds. The Morgan fingerprint density at radius 2 is 1.65 bits per heavy atom. The average molecular weight is 364 g/mol. The number of nitrogens with zero attached hydrogens (tertiary/aromatic N) is 1. The molecule has 5 nitrogen and oxygen atoms in total. The third-order valence-electron chi connectivity index (χ3n) is 4.20. The molecule has 0 atom stereocenters. The van der Waals surface area contributed by atoms with Crippen LogP contribution in [-0.2, 0) is 10.0 Å². The number of nitrogens with one attached hydrogen (secondary N) is 1. The summed E-state index contributed by atoms with van der Waals surface area (Å²) < 4.78 is 33.9. The molecule has 4 rings (SSSR count). The van der Waals surface area contributed by atoms with E-state index < -0.39 is 10.0 Å². The molecule has 0 radical (unpaired) electrons. The molecule has 0 unspecified atom stereocenters. The molecule has 0 saturated carbocycles. The minimum absolute atomic E-state index is 0.196. The summed E-state index contributed by atoms with van der Waals surface area (Å²) in [5.74, 6) is 0.631. The van der Waals surface area contributed by atoms with Crippen LogP contribution < -0.4 is 9.46 Å². The first-order valence-electron chi connectivity index (χ1n) is 8.02. The second kappa shape index (κ2) is 6.31. The first-order valence-corrected chi connectivity index (χ1v) is 9.50. The second-order valence-electron chi connectivity index (χ2n) is 5.83. The van der Waals surface area contributed by atoms with Crippen molar-refractivity contribution in [2.24, 2.45) is 0 Å². The normalized spacial score (nSPS) is 11.6. The smallest absolute Gasteiger partial charge is 0.262 e. The maximum Gasteiger partial charge on any atom is 0.262 e. The highest BCUT2D eigenvalue weighted by molar-refractivity contribution is 7.93. The van der Waals surface area contributed by atoms with E-state index in [-0.39, 0.29) is 4.90 Å². The van der Waals surface area contributed by atoms with E-state index in [0.717, 1.165) is 16.3 Å². The third-order valence-corrected chi connectivity index (χ3v) is 5.64. The molecule has 26 heavy (non-hydrogen) atoms. The fourth-order valence-corrected chi connectivity index (χ4v) is 4.24. The maximum absolute atomic E-state index is 13.0. The molecule has 1 heterocycles. The molecule has 0 aliphatic heterocycles. The number of para-hydroxylation sites is 1. The van der Waals surface area contributed by atoms with Crippen molar-refractivity contribution in [3.63, 3.8) is 0 Å². The van der Waals surface area contributed by atoms with Gasteiger partial charge in [-0.2, -0.15) is 0 Å². The van der Waals surface area contributed by atoms with Gasteiger partial charge in [-0.25, -0.2) is 8.42 Å². The number of pyridine rings is 1. The number of rotatable bonds is 4. The van der Waals surface area contributed by atoms with Crippen molar-refractivity contribution in [1.82, 2.24) is 4.98 Å². The summed E-state index contributed by atoms with van der Waals surface area (Å²) in [6.07, 6.45) is 1.52. The highest BCUT2D eigenvalue weighted by Gasteiger charge is 2.19. The predicted octanol–water partition coefficient (Wildman–Crippen LogP) is 4.20. The van der Waals surface area contributed by atoms with Gasteiger partial charge >= 0.3 is 0 Å². The topological polar surface area (TPSA) is 68.3 Å². The molecule has 6 heteroatoms. The summed E-state index contributed by atoms with van der Waals surface area (Å²) in [4.78, 5) is 4.50. The number of methoxy groups -OCH3 is 1. The fourth-order valence-electron chi connectivity index (χ4n) is 2.99. The van der Waals surface area contributed by atoms with Crippen molar-refractivity contribution in [2.45, 2.75) is 4.90 Å². The van der Waals surface area contributed by atoms with Crippen molar-refractivity contribution in [3.8, 4) is 5.75 Å². The SMILES string of the molecule is COc1ccc(S(=O)(=O)Nc2cnc3ccccc3c2)c2ccccc12. The lowest BCUT2D eigenvalue weighted by atomic mass is 10.1. The predicted molar refractivity (Wildman–Crippen MR) is 103 cm³/mol. The average Bonchev–Trinajstić information content (AvgIpc) is 2.66. The summed E-state index contributed by atoms with van der Waals surface area (Å²) in [5.41, 5.74) is 1.23. The summed E-state index contributed by atoms with van der Waals surface area (Å²) in [5, 5.41) is 2.22. The van der Waals surface area contributed by atoms with E-state index in [4.69, 9.17) is 4.74 Å². The number of fused-ring (bicyclic) bond motifs is 2. The zero-order valence-electron chi connectivity index (χ0n) is 14.0. The van der Waals surface area contributed by atoms with Crippen molar-refractivity contribution < 1.29 is 13.2 Å². The molecular formula is C20H16N2O3S. The van der Waals surface area contributed by atoms with Crippen LogP contribution in [-0.4, -0.2) is 20.5 Å². The molecule has 0 spiro atoms. The largest absolute Gasteiger partial charge is 0.496 e. The Morgan fingerprint density at radius 3 is 2.46 bits per heavy atom. The van der Waals surface area contributed by atoms with Crippen LogP contribution in [0.15, 0.2) is 77.8 Å². The van der Waals surface area contributed by atoms with Gasteiger partial charge in [0.2, 0.25) is 0 Å². The van der Waals surface area contributed by atoms with E-state index in [1.807, 2.05) is 36.4 Å². The summed E-state index contributed by atoms with van der Waals surface area (Å²) in [6.45, 7) is 0. The van der Waals surface area contributed by atoms with Crippen LogP contribution in [0.3, 0.4) is 0 Å². The lowest BCUT2D eigenvalue weighted by Gasteiger charge is -2.13. The standard InChI is InChI=1S/C20H16N2O3S/c1-25-19-10-11-20(17-8-4-3-7-16(17)19)26(23,24)22-15-12-14-6-2-5-9-18(14)21-13-15/h2-13,22H,1H3. The zero-order chi connectivity index (χ0) is 18.1. The Bertz CT molecular complexity index is 1220. The Hall–Kier alpha value is -3.12. The van der Waals surface area contributed by atoms with E-state index in [1.54, 1.807) is 37.4 Å². The van der Waals surface area contributed by atoms with E-state index in [1.165, 1.54) is 6.20 Å². The number of hydrogen-bond donors (Lipinski definition) is 1. The van der Waals surface area contributed by atoms with Crippen molar-refractivity contribution >= 4 is 37.4 Å². The molecule has 1 aromatic heterocycles. The quantitative estimate of drug-likeness (QED) is 0.589. The summed E-state index contributed by atoms with van der Waals surface area (Å²) in [7, 11) is -2.21. The van der Waals surface area contributed by atoms with E-state index in [2.05, 4.69) is 9.71 Å². The first kappa shape index (κ1) is 16.4. The van der Waals surface area contributed by atoms with Crippen molar-refractivity contribution in [2.75, 3.05) is 11.8 Å². The van der Waals surface area contributed by atoms with E-state index in [9.17, 15) is 8.42 Å². The Labute approximate surface area is 151 Å². The van der Waals surface area contributed by atoms with Crippen LogP contribution >= 0.6 is 0 Å². The highest BCUT2D eigenvalue weighted by Crippen LogP contribution is 2.31. The van der Waals surface area contributed by atoms with Crippen LogP contribution in [0.25, 0.3) is 21.7 Å². The lowest BCUT2D eigenvalue weighted by molar-refractivity contribution is 0.419. The molecule has 3 aromatic carbocycles. The Balaban J connectivity index is 1.80. The number of sulfonamides is 1. The van der Waals surface area contributed by atoms with Crippen LogP contribution in [0.4, 0.5) is 5.69 Å². The van der Waals surface area contributed by atoms with Gasteiger partial charge in [0.15, 0.2) is 0 Å². The van der Waals surface area contributed by atoms with Gasteiger partial charge in [0.1, 0.15) is 5.75 Å². The molecule has 4 aromatic rings. The number of benzene rings is 3. The van der Waals surface area contributed by atoms with Gasteiger partial charge in [-0.15, -0.1) is 0 Å². The minimum Gasteiger partial charge on any atom is -0.496 e. The molecule has 1 N–H and O–H groups in total. The minimum atomic E-state index is -3.78. The van der Waals surface area contributed by atoms with E-state index in [0.29, 0.717) is 16.8 Å². The van der Waals surface area contributed by atoms with Gasteiger partial charge in [0.25, 0.3) is 10.0 Å². The van der Waals surface area contributed by atoms with Crippen LogP contribution in [0.2, 0.25) is 0 Å². The Morgan fingerprint density at radius 1 is 0.923 bits per heavy atom. The number of aromatic nitrogens is 1.